The summed E-state index contributed by atoms with van der Waals surface area (Å²) >= 11 is 1.47. The highest BCUT2D eigenvalue weighted by molar-refractivity contribution is 7.20. The lowest BCUT2D eigenvalue weighted by Gasteiger charge is -1.98. The molecule has 0 aliphatic heterocycles. The molecule has 100 valence electrons. The van der Waals surface area contributed by atoms with Gasteiger partial charge in [0, 0.05) is 16.8 Å². The molecule has 0 bridgehead atoms. The molecule has 0 unspecified atom stereocenters. The van der Waals surface area contributed by atoms with Crippen LogP contribution in [0.15, 0.2) is 30.3 Å². The normalized spacial score (nSPS) is 14.8. The minimum absolute atomic E-state index is 0.0377. The molecule has 1 aliphatic carbocycles. The van der Waals surface area contributed by atoms with Gasteiger partial charge in [0.15, 0.2) is 0 Å². The maximum absolute atomic E-state index is 12.1. The highest BCUT2D eigenvalue weighted by atomic mass is 32.1. The Labute approximate surface area is 120 Å². The van der Waals surface area contributed by atoms with Gasteiger partial charge in [0.05, 0.1) is 10.4 Å². The van der Waals surface area contributed by atoms with Gasteiger partial charge >= 0.3 is 0 Å². The van der Waals surface area contributed by atoms with E-state index in [1.54, 1.807) is 0 Å². The zero-order chi connectivity index (χ0) is 13.7. The fourth-order valence-corrected chi connectivity index (χ4v) is 3.28. The highest BCUT2D eigenvalue weighted by Gasteiger charge is 2.24. The van der Waals surface area contributed by atoms with Crippen LogP contribution < -0.4 is 5.32 Å². The summed E-state index contributed by atoms with van der Waals surface area (Å²) in [4.78, 5) is 18.4. The number of aryl methyl sites for hydroxylation is 1. The summed E-state index contributed by atoms with van der Waals surface area (Å²) in [5.74, 6) is 0.0377. The Hall–Kier alpha value is -1.94. The number of hydrogen-bond donors (Lipinski definition) is 1. The molecular weight excluding hydrogens is 268 g/mol. The van der Waals surface area contributed by atoms with Crippen molar-refractivity contribution in [2.24, 2.45) is 0 Å². The van der Waals surface area contributed by atoms with Crippen LogP contribution in [0.2, 0.25) is 0 Å². The van der Waals surface area contributed by atoms with E-state index in [2.05, 4.69) is 35.4 Å². The number of rotatable bonds is 2. The van der Waals surface area contributed by atoms with E-state index in [1.807, 2.05) is 12.1 Å². The molecule has 1 amide bonds. The molecule has 1 saturated carbocycles. The molecule has 3 nitrogen and oxygen atoms in total. The van der Waals surface area contributed by atoms with Crippen LogP contribution in [-0.2, 0) is 0 Å². The molecule has 4 heteroatoms. The van der Waals surface area contributed by atoms with Crippen molar-refractivity contribution in [1.82, 2.24) is 10.3 Å². The lowest BCUT2D eigenvalue weighted by molar-refractivity contribution is 0.0955. The predicted octanol–water partition coefficient (Wildman–Crippen LogP) is 3.65. The summed E-state index contributed by atoms with van der Waals surface area (Å²) in [7, 11) is 0. The molecule has 0 spiro atoms. The Morgan fingerprint density at radius 2 is 2.10 bits per heavy atom. The SMILES string of the molecule is Cc1ccc2nc3sc(C(=O)NC4CC4)cc3cc2c1. The average Bonchev–Trinajstić information content (AvgIpc) is 3.13. The number of nitrogens with one attached hydrogen (secondary N) is 1. The molecule has 0 radical (unpaired) electrons. The van der Waals surface area contributed by atoms with Crippen LogP contribution in [0.5, 0.6) is 0 Å². The number of pyridine rings is 1. The van der Waals surface area contributed by atoms with E-state index in [4.69, 9.17) is 0 Å². The smallest absolute Gasteiger partial charge is 0.261 e. The van der Waals surface area contributed by atoms with Crippen LogP contribution in [0.3, 0.4) is 0 Å². The first kappa shape index (κ1) is 11.9. The van der Waals surface area contributed by atoms with Crippen LogP contribution in [0.1, 0.15) is 28.1 Å². The summed E-state index contributed by atoms with van der Waals surface area (Å²) in [5.41, 5.74) is 2.21. The molecule has 20 heavy (non-hydrogen) atoms. The Balaban J connectivity index is 1.81. The monoisotopic (exact) mass is 282 g/mol. The molecule has 1 aliphatic rings. The fraction of sp³-hybridized carbons (Fsp3) is 0.250. The molecule has 0 saturated heterocycles. The van der Waals surface area contributed by atoms with Crippen molar-refractivity contribution in [3.05, 3.63) is 40.8 Å². The van der Waals surface area contributed by atoms with Crippen molar-refractivity contribution in [3.63, 3.8) is 0 Å². The van der Waals surface area contributed by atoms with Crippen LogP contribution in [-0.4, -0.2) is 16.9 Å². The number of amides is 1. The quantitative estimate of drug-likeness (QED) is 0.779. The van der Waals surface area contributed by atoms with E-state index in [1.165, 1.54) is 16.9 Å². The number of carbonyl (C=O) groups is 1. The maximum atomic E-state index is 12.1. The van der Waals surface area contributed by atoms with Crippen molar-refractivity contribution in [1.29, 1.82) is 0 Å². The molecule has 0 atom stereocenters. The number of thiophene rings is 1. The van der Waals surface area contributed by atoms with Crippen LogP contribution in [0.25, 0.3) is 21.1 Å². The standard InChI is InChI=1S/C16H14N2OS/c1-9-2-5-13-10(6-9)7-11-8-14(20-16(11)18-13)15(19)17-12-3-4-12/h2,5-8,12H,3-4H2,1H3,(H,17,19). The van der Waals surface area contributed by atoms with E-state index in [0.29, 0.717) is 6.04 Å². The summed E-state index contributed by atoms with van der Waals surface area (Å²) in [5, 5.41) is 5.20. The second-order valence-corrected chi connectivity index (χ2v) is 6.47. The van der Waals surface area contributed by atoms with Gasteiger partial charge in [-0.05, 0) is 44.0 Å². The summed E-state index contributed by atoms with van der Waals surface area (Å²) < 4.78 is 0. The Morgan fingerprint density at radius 1 is 1.25 bits per heavy atom. The van der Waals surface area contributed by atoms with Gasteiger partial charge in [-0.2, -0.15) is 0 Å². The van der Waals surface area contributed by atoms with Crippen molar-refractivity contribution in [2.45, 2.75) is 25.8 Å². The van der Waals surface area contributed by atoms with Crippen LogP contribution in [0.4, 0.5) is 0 Å². The van der Waals surface area contributed by atoms with E-state index < -0.39 is 0 Å². The number of carbonyl (C=O) groups excluding carboxylic acids is 1. The van der Waals surface area contributed by atoms with E-state index in [-0.39, 0.29) is 5.91 Å². The summed E-state index contributed by atoms with van der Waals surface area (Å²) in [6.07, 6.45) is 2.22. The van der Waals surface area contributed by atoms with E-state index in [9.17, 15) is 4.79 Å². The van der Waals surface area contributed by atoms with Crippen molar-refractivity contribution in [2.75, 3.05) is 0 Å². The first-order valence-electron chi connectivity index (χ1n) is 6.81. The molecule has 1 N–H and O–H groups in total. The summed E-state index contributed by atoms with van der Waals surface area (Å²) in [6, 6.07) is 10.7. The van der Waals surface area contributed by atoms with Crippen molar-refractivity contribution < 1.29 is 4.79 Å². The third kappa shape index (κ3) is 2.06. The summed E-state index contributed by atoms with van der Waals surface area (Å²) in [6.45, 7) is 2.08. The van der Waals surface area contributed by atoms with Crippen LogP contribution in [0, 0.1) is 6.92 Å². The fourth-order valence-electron chi connectivity index (χ4n) is 2.35. The van der Waals surface area contributed by atoms with Gasteiger partial charge < -0.3 is 5.32 Å². The molecule has 1 fully saturated rings. The minimum Gasteiger partial charge on any atom is -0.349 e. The van der Waals surface area contributed by atoms with Gasteiger partial charge in [0.1, 0.15) is 4.83 Å². The van der Waals surface area contributed by atoms with Crippen molar-refractivity contribution in [3.8, 4) is 0 Å². The molecule has 4 rings (SSSR count). The zero-order valence-corrected chi connectivity index (χ0v) is 12.0. The zero-order valence-electron chi connectivity index (χ0n) is 11.1. The maximum Gasteiger partial charge on any atom is 0.261 e. The van der Waals surface area contributed by atoms with E-state index >= 15 is 0 Å². The predicted molar refractivity (Wildman–Crippen MR) is 82.4 cm³/mol. The molecular formula is C16H14N2OS. The van der Waals surface area contributed by atoms with Gasteiger partial charge in [-0.3, -0.25) is 4.79 Å². The number of nitrogens with zero attached hydrogens (tertiary/aromatic N) is 1. The van der Waals surface area contributed by atoms with Gasteiger partial charge in [-0.25, -0.2) is 4.98 Å². The first-order valence-corrected chi connectivity index (χ1v) is 7.62. The Morgan fingerprint density at radius 3 is 2.90 bits per heavy atom. The second-order valence-electron chi connectivity index (χ2n) is 5.44. The number of aromatic nitrogens is 1. The molecule has 2 heterocycles. The third-order valence-electron chi connectivity index (χ3n) is 3.59. The molecule has 3 aromatic rings. The first-order chi connectivity index (χ1) is 9.69. The minimum atomic E-state index is 0.0377. The number of benzene rings is 1. The van der Waals surface area contributed by atoms with E-state index in [0.717, 1.165) is 38.8 Å². The van der Waals surface area contributed by atoms with Gasteiger partial charge in [-0.15, -0.1) is 11.3 Å². The topological polar surface area (TPSA) is 42.0 Å². The van der Waals surface area contributed by atoms with Gasteiger partial charge in [0.2, 0.25) is 0 Å². The number of hydrogen-bond acceptors (Lipinski definition) is 3. The number of fused-ring (bicyclic) bond motifs is 2. The van der Waals surface area contributed by atoms with Gasteiger partial charge in [0.25, 0.3) is 5.91 Å². The lowest BCUT2D eigenvalue weighted by atomic mass is 10.1. The third-order valence-corrected chi connectivity index (χ3v) is 4.64. The molecule has 2 aromatic heterocycles. The van der Waals surface area contributed by atoms with Crippen molar-refractivity contribution >= 4 is 38.4 Å². The lowest BCUT2D eigenvalue weighted by Crippen LogP contribution is -2.24. The Bertz CT molecular complexity index is 833. The second kappa shape index (κ2) is 4.28. The Kier molecular flexibility index (Phi) is 2.54. The largest absolute Gasteiger partial charge is 0.349 e. The average molecular weight is 282 g/mol. The van der Waals surface area contributed by atoms with Crippen LogP contribution >= 0.6 is 11.3 Å². The highest BCUT2D eigenvalue weighted by Crippen LogP contribution is 2.28. The van der Waals surface area contributed by atoms with Gasteiger partial charge in [-0.1, -0.05) is 11.6 Å². The molecule has 1 aromatic carbocycles.